The third-order valence-corrected chi connectivity index (χ3v) is 6.27. The number of urea groups is 1. The smallest absolute Gasteiger partial charge is 0.317 e. The predicted octanol–water partition coefficient (Wildman–Crippen LogP) is 4.87. The summed E-state index contributed by atoms with van der Waals surface area (Å²) in [6.07, 6.45) is 6.69. The van der Waals surface area contributed by atoms with Gasteiger partial charge in [-0.2, -0.15) is 0 Å². The van der Waals surface area contributed by atoms with E-state index in [1.165, 1.54) is 41.3 Å². The van der Waals surface area contributed by atoms with Crippen molar-refractivity contribution in [2.45, 2.75) is 44.2 Å². The molecule has 2 unspecified atom stereocenters. The molecule has 1 aromatic heterocycles. The van der Waals surface area contributed by atoms with Crippen molar-refractivity contribution >= 4 is 16.9 Å². The molecule has 2 N–H and O–H groups in total. The number of amides is 2. The average Bonchev–Trinajstić information content (AvgIpc) is 3.29. The summed E-state index contributed by atoms with van der Waals surface area (Å²) in [5.41, 5.74) is 6.63. The van der Waals surface area contributed by atoms with E-state index < -0.39 is 0 Å². The Morgan fingerprint density at radius 3 is 3.04 bits per heavy atom. The van der Waals surface area contributed by atoms with E-state index in [1.54, 1.807) is 4.90 Å². The van der Waals surface area contributed by atoms with Gasteiger partial charge < -0.3 is 15.2 Å². The van der Waals surface area contributed by atoms with Crippen LogP contribution < -0.4 is 5.32 Å². The van der Waals surface area contributed by atoms with Gasteiger partial charge in [-0.3, -0.25) is 0 Å². The molecule has 0 saturated heterocycles. The highest BCUT2D eigenvalue weighted by Crippen LogP contribution is 2.47. The number of hydrogen-bond donors (Lipinski definition) is 2. The quantitative estimate of drug-likeness (QED) is 0.688. The van der Waals surface area contributed by atoms with Crippen LogP contribution in [-0.4, -0.2) is 23.0 Å². The first kappa shape index (κ1) is 16.4. The van der Waals surface area contributed by atoms with Gasteiger partial charge in [-0.05, 0) is 66.0 Å². The summed E-state index contributed by atoms with van der Waals surface area (Å²) in [5, 5.41) is 4.48. The molecule has 4 heteroatoms. The lowest BCUT2D eigenvalue weighted by Gasteiger charge is -2.22. The molecule has 2 aliphatic carbocycles. The van der Waals surface area contributed by atoms with Crippen LogP contribution >= 0.6 is 0 Å². The summed E-state index contributed by atoms with van der Waals surface area (Å²) in [6.45, 7) is 0.601. The Morgan fingerprint density at radius 1 is 1.22 bits per heavy atom. The SMILES string of the molecule is CN(Cc1cccc2[nH]ccc12)C(=O)NC1CC2CCCc3cccc1c32. The van der Waals surface area contributed by atoms with Crippen LogP contribution in [-0.2, 0) is 13.0 Å². The number of nitrogens with one attached hydrogen (secondary N) is 2. The van der Waals surface area contributed by atoms with E-state index in [1.807, 2.05) is 19.3 Å². The van der Waals surface area contributed by atoms with Crippen LogP contribution in [0.2, 0.25) is 0 Å². The van der Waals surface area contributed by atoms with Crippen molar-refractivity contribution in [3.05, 3.63) is 70.9 Å². The Hall–Kier alpha value is -2.75. The topological polar surface area (TPSA) is 48.1 Å². The Morgan fingerprint density at radius 2 is 2.11 bits per heavy atom. The lowest BCUT2D eigenvalue weighted by Crippen LogP contribution is -2.38. The number of fused-ring (bicyclic) bond motifs is 1. The van der Waals surface area contributed by atoms with Crippen molar-refractivity contribution in [1.82, 2.24) is 15.2 Å². The van der Waals surface area contributed by atoms with Crippen LogP contribution in [0.25, 0.3) is 10.9 Å². The molecule has 0 fully saturated rings. The van der Waals surface area contributed by atoms with Gasteiger partial charge in [0.05, 0.1) is 6.04 Å². The van der Waals surface area contributed by atoms with E-state index in [0.717, 1.165) is 17.5 Å². The van der Waals surface area contributed by atoms with Crippen LogP contribution in [0, 0.1) is 0 Å². The fraction of sp³-hybridized carbons (Fsp3) is 0.348. The van der Waals surface area contributed by atoms with E-state index in [-0.39, 0.29) is 12.1 Å². The largest absolute Gasteiger partial charge is 0.361 e. The van der Waals surface area contributed by atoms with E-state index in [9.17, 15) is 4.79 Å². The second-order valence-electron chi connectivity index (χ2n) is 7.96. The van der Waals surface area contributed by atoms with Crippen molar-refractivity contribution in [3.8, 4) is 0 Å². The predicted molar refractivity (Wildman–Crippen MR) is 108 cm³/mol. The van der Waals surface area contributed by atoms with Crippen LogP contribution in [0.4, 0.5) is 4.79 Å². The Bertz CT molecular complexity index is 1010. The highest BCUT2D eigenvalue weighted by atomic mass is 16.2. The molecular formula is C23H25N3O. The van der Waals surface area contributed by atoms with Gasteiger partial charge in [0.1, 0.15) is 0 Å². The van der Waals surface area contributed by atoms with Gasteiger partial charge in [0, 0.05) is 30.7 Å². The number of carbonyl (C=O) groups excluding carboxylic acids is 1. The second-order valence-corrected chi connectivity index (χ2v) is 7.96. The summed E-state index contributed by atoms with van der Waals surface area (Å²) in [5.74, 6) is 0.620. The number of aryl methyl sites for hydroxylation is 1. The summed E-state index contributed by atoms with van der Waals surface area (Å²) in [7, 11) is 1.88. The Kier molecular flexibility index (Phi) is 3.92. The fourth-order valence-electron chi connectivity index (χ4n) is 4.99. The molecule has 4 nitrogen and oxygen atoms in total. The molecule has 0 bridgehead atoms. The molecule has 0 spiro atoms. The molecule has 27 heavy (non-hydrogen) atoms. The molecule has 5 rings (SSSR count). The summed E-state index contributed by atoms with van der Waals surface area (Å²) in [4.78, 5) is 17.9. The maximum atomic E-state index is 12.9. The van der Waals surface area contributed by atoms with Gasteiger partial charge in [-0.25, -0.2) is 4.79 Å². The number of hydrogen-bond acceptors (Lipinski definition) is 1. The molecule has 1 heterocycles. The highest BCUT2D eigenvalue weighted by molar-refractivity contribution is 5.83. The summed E-state index contributed by atoms with van der Waals surface area (Å²) < 4.78 is 0. The third kappa shape index (κ3) is 2.80. The molecule has 2 aliphatic rings. The number of nitrogens with zero attached hydrogens (tertiary/aromatic N) is 1. The molecule has 2 amide bonds. The van der Waals surface area contributed by atoms with Crippen molar-refractivity contribution in [2.75, 3.05) is 7.05 Å². The Labute approximate surface area is 159 Å². The molecule has 0 aliphatic heterocycles. The van der Waals surface area contributed by atoms with Crippen LogP contribution in [0.3, 0.4) is 0 Å². The summed E-state index contributed by atoms with van der Waals surface area (Å²) in [6, 6.07) is 15.0. The maximum absolute atomic E-state index is 12.9. The molecule has 2 aromatic carbocycles. The normalized spacial score (nSPS) is 20.5. The van der Waals surface area contributed by atoms with Crippen LogP contribution in [0.1, 0.15) is 53.5 Å². The third-order valence-electron chi connectivity index (χ3n) is 6.27. The Balaban J connectivity index is 1.33. The minimum atomic E-state index is 0.00351. The van der Waals surface area contributed by atoms with Crippen molar-refractivity contribution in [2.24, 2.45) is 0 Å². The second kappa shape index (κ2) is 6.45. The number of rotatable bonds is 3. The van der Waals surface area contributed by atoms with Crippen LogP contribution in [0.5, 0.6) is 0 Å². The molecule has 0 radical (unpaired) electrons. The lowest BCUT2D eigenvalue weighted by atomic mass is 9.84. The van der Waals surface area contributed by atoms with Crippen molar-refractivity contribution < 1.29 is 4.79 Å². The summed E-state index contributed by atoms with van der Waals surface area (Å²) >= 11 is 0. The standard InChI is InChI=1S/C23H25N3O/c1-26(14-17-8-4-10-20-18(17)11-12-24-20)23(27)25-21-13-16-7-2-5-15-6-3-9-19(21)22(15)16/h3-4,6,8-12,16,21,24H,2,5,7,13-14H2,1H3,(H,25,27). The zero-order valence-corrected chi connectivity index (χ0v) is 15.7. The van der Waals surface area contributed by atoms with Gasteiger partial charge in [0.25, 0.3) is 0 Å². The number of benzene rings is 2. The minimum Gasteiger partial charge on any atom is -0.361 e. The molecular weight excluding hydrogens is 334 g/mol. The van der Waals surface area contributed by atoms with E-state index >= 15 is 0 Å². The first-order valence-electron chi connectivity index (χ1n) is 9.89. The van der Waals surface area contributed by atoms with Crippen molar-refractivity contribution in [3.63, 3.8) is 0 Å². The van der Waals surface area contributed by atoms with Crippen LogP contribution in [0.15, 0.2) is 48.7 Å². The van der Waals surface area contributed by atoms with Gasteiger partial charge in [-0.1, -0.05) is 30.3 Å². The average molecular weight is 359 g/mol. The number of carbonyl (C=O) groups is 1. The van der Waals surface area contributed by atoms with Gasteiger partial charge in [0.15, 0.2) is 0 Å². The maximum Gasteiger partial charge on any atom is 0.317 e. The minimum absolute atomic E-state index is 0.00351. The van der Waals surface area contributed by atoms with E-state index in [2.05, 4.69) is 46.7 Å². The van der Waals surface area contributed by atoms with E-state index in [4.69, 9.17) is 0 Å². The first-order chi connectivity index (χ1) is 13.2. The molecule has 3 aromatic rings. The number of aromatic amines is 1. The van der Waals surface area contributed by atoms with Gasteiger partial charge >= 0.3 is 6.03 Å². The monoisotopic (exact) mass is 359 g/mol. The van der Waals surface area contributed by atoms with Gasteiger partial charge in [-0.15, -0.1) is 0 Å². The fourth-order valence-corrected chi connectivity index (χ4v) is 4.99. The molecule has 138 valence electrons. The number of aromatic nitrogens is 1. The highest BCUT2D eigenvalue weighted by Gasteiger charge is 2.35. The molecule has 2 atom stereocenters. The van der Waals surface area contributed by atoms with E-state index in [0.29, 0.717) is 12.5 Å². The first-order valence-corrected chi connectivity index (χ1v) is 9.89. The molecule has 0 saturated carbocycles. The zero-order valence-electron chi connectivity index (χ0n) is 15.7. The lowest BCUT2D eigenvalue weighted by molar-refractivity contribution is 0.202. The number of H-pyrrole nitrogens is 1. The van der Waals surface area contributed by atoms with Crippen molar-refractivity contribution in [1.29, 1.82) is 0 Å². The van der Waals surface area contributed by atoms with Gasteiger partial charge in [0.2, 0.25) is 0 Å². The zero-order chi connectivity index (χ0) is 18.4.